The molecule has 0 aliphatic carbocycles. The molecule has 1 unspecified atom stereocenters. The van der Waals surface area contributed by atoms with Crippen molar-refractivity contribution >= 4 is 5.69 Å². The van der Waals surface area contributed by atoms with E-state index in [0.29, 0.717) is 6.04 Å². The average Bonchev–Trinajstić information content (AvgIpc) is 2.42. The predicted molar refractivity (Wildman–Crippen MR) is 84.0 cm³/mol. The molecule has 0 bridgehead atoms. The summed E-state index contributed by atoms with van der Waals surface area (Å²) in [7, 11) is 0. The van der Waals surface area contributed by atoms with E-state index in [2.05, 4.69) is 55.3 Å². The Morgan fingerprint density at radius 3 is 2.90 bits per heavy atom. The van der Waals surface area contributed by atoms with Crippen molar-refractivity contribution in [1.82, 2.24) is 5.32 Å². The Morgan fingerprint density at radius 1 is 1.40 bits per heavy atom. The second kappa shape index (κ2) is 6.76. The van der Waals surface area contributed by atoms with E-state index in [1.54, 1.807) is 0 Å². The molecular weight excluding hydrogens is 246 g/mol. The number of benzene rings is 1. The molecule has 0 aromatic heterocycles. The van der Waals surface area contributed by atoms with Crippen LogP contribution < -0.4 is 10.2 Å². The van der Waals surface area contributed by atoms with Gasteiger partial charge in [0.05, 0.1) is 12.1 Å². The molecule has 0 spiro atoms. The predicted octanol–water partition coefficient (Wildman–Crippen LogP) is 3.03. The van der Waals surface area contributed by atoms with Crippen LogP contribution in [-0.2, 0) is 6.42 Å². The Labute approximate surface area is 122 Å². The van der Waals surface area contributed by atoms with Crippen LogP contribution in [0.2, 0.25) is 0 Å². The van der Waals surface area contributed by atoms with Crippen LogP contribution >= 0.6 is 0 Å². The lowest BCUT2D eigenvalue weighted by Gasteiger charge is -2.32. The van der Waals surface area contributed by atoms with Gasteiger partial charge in [-0.2, -0.15) is 5.26 Å². The third-order valence-corrected chi connectivity index (χ3v) is 3.83. The molecule has 0 radical (unpaired) electrons. The summed E-state index contributed by atoms with van der Waals surface area (Å²) < 4.78 is 0. The topological polar surface area (TPSA) is 39.1 Å². The lowest BCUT2D eigenvalue weighted by Crippen LogP contribution is -2.38. The highest BCUT2D eigenvalue weighted by Gasteiger charge is 2.18. The number of aryl methyl sites for hydroxylation is 2. The van der Waals surface area contributed by atoms with Gasteiger partial charge in [0.1, 0.15) is 0 Å². The highest BCUT2D eigenvalue weighted by molar-refractivity contribution is 5.56. The Morgan fingerprint density at radius 2 is 2.20 bits per heavy atom. The largest absolute Gasteiger partial charge is 0.371 e. The SMILES string of the molecule is Cc1ccc2c(c1)CCCN2CCC(C#N)NC(C)C. The summed E-state index contributed by atoms with van der Waals surface area (Å²) >= 11 is 0. The lowest BCUT2D eigenvalue weighted by atomic mass is 9.99. The molecule has 20 heavy (non-hydrogen) atoms. The minimum atomic E-state index is -0.0502. The van der Waals surface area contributed by atoms with E-state index in [4.69, 9.17) is 0 Å². The van der Waals surface area contributed by atoms with Gasteiger partial charge in [0.25, 0.3) is 0 Å². The summed E-state index contributed by atoms with van der Waals surface area (Å²) in [6.45, 7) is 8.38. The molecule has 1 N–H and O–H groups in total. The van der Waals surface area contributed by atoms with E-state index in [-0.39, 0.29) is 6.04 Å². The second-order valence-electron chi connectivity index (χ2n) is 6.01. The summed E-state index contributed by atoms with van der Waals surface area (Å²) in [5.74, 6) is 0. The summed E-state index contributed by atoms with van der Waals surface area (Å²) in [5, 5.41) is 12.5. The van der Waals surface area contributed by atoms with Crippen molar-refractivity contribution in [2.75, 3.05) is 18.0 Å². The first-order valence-corrected chi connectivity index (χ1v) is 7.60. The van der Waals surface area contributed by atoms with Gasteiger partial charge in [-0.15, -0.1) is 0 Å². The summed E-state index contributed by atoms with van der Waals surface area (Å²) in [4.78, 5) is 2.44. The molecular formula is C17H25N3. The maximum absolute atomic E-state index is 9.21. The molecule has 1 aromatic carbocycles. The molecule has 3 nitrogen and oxygen atoms in total. The molecule has 0 saturated carbocycles. The van der Waals surface area contributed by atoms with Gasteiger partial charge in [-0.3, -0.25) is 5.32 Å². The molecule has 1 heterocycles. The Kier molecular flexibility index (Phi) is 5.03. The summed E-state index contributed by atoms with van der Waals surface area (Å²) in [5.41, 5.74) is 4.16. The molecule has 0 fully saturated rings. The third-order valence-electron chi connectivity index (χ3n) is 3.83. The number of rotatable bonds is 5. The van der Waals surface area contributed by atoms with Gasteiger partial charge in [-0.05, 0) is 51.7 Å². The Balaban J connectivity index is 2.00. The average molecular weight is 271 g/mol. The van der Waals surface area contributed by atoms with Crippen molar-refractivity contribution in [2.24, 2.45) is 0 Å². The van der Waals surface area contributed by atoms with Crippen molar-refractivity contribution in [3.8, 4) is 6.07 Å². The first kappa shape index (κ1) is 14.9. The van der Waals surface area contributed by atoms with Crippen LogP contribution in [0.4, 0.5) is 5.69 Å². The fourth-order valence-electron chi connectivity index (χ4n) is 2.91. The van der Waals surface area contributed by atoms with Crippen LogP contribution in [0.3, 0.4) is 0 Å². The fourth-order valence-corrected chi connectivity index (χ4v) is 2.91. The fraction of sp³-hybridized carbons (Fsp3) is 0.588. The van der Waals surface area contributed by atoms with Crippen LogP contribution in [-0.4, -0.2) is 25.2 Å². The van der Waals surface area contributed by atoms with Gasteiger partial charge in [-0.1, -0.05) is 17.7 Å². The van der Waals surface area contributed by atoms with Gasteiger partial charge in [0.2, 0.25) is 0 Å². The van der Waals surface area contributed by atoms with Gasteiger partial charge < -0.3 is 4.90 Å². The van der Waals surface area contributed by atoms with Crippen LogP contribution in [0.1, 0.15) is 37.8 Å². The number of anilines is 1. The molecule has 108 valence electrons. The maximum Gasteiger partial charge on any atom is 0.0971 e. The quantitative estimate of drug-likeness (QED) is 0.894. The molecule has 1 aliphatic heterocycles. The standard InChI is InChI=1S/C17H25N3/c1-13(2)19-16(12-18)8-10-20-9-4-5-15-11-14(3)6-7-17(15)20/h6-7,11,13,16,19H,4-5,8-10H2,1-3H3. The van der Waals surface area contributed by atoms with E-state index < -0.39 is 0 Å². The molecule has 0 amide bonds. The van der Waals surface area contributed by atoms with Crippen molar-refractivity contribution in [1.29, 1.82) is 5.26 Å². The molecule has 2 rings (SSSR count). The smallest absolute Gasteiger partial charge is 0.0971 e. The van der Waals surface area contributed by atoms with Crippen LogP contribution in [0, 0.1) is 18.3 Å². The van der Waals surface area contributed by atoms with Crippen LogP contribution in [0.5, 0.6) is 0 Å². The number of nitrogens with one attached hydrogen (secondary N) is 1. The minimum Gasteiger partial charge on any atom is -0.371 e. The number of nitrogens with zero attached hydrogens (tertiary/aromatic N) is 2. The first-order valence-electron chi connectivity index (χ1n) is 7.60. The monoisotopic (exact) mass is 271 g/mol. The van der Waals surface area contributed by atoms with Gasteiger partial charge in [0, 0.05) is 24.8 Å². The summed E-state index contributed by atoms with van der Waals surface area (Å²) in [6.07, 6.45) is 3.27. The van der Waals surface area contributed by atoms with E-state index in [1.165, 1.54) is 29.7 Å². The normalized spacial score (nSPS) is 15.8. The van der Waals surface area contributed by atoms with Crippen molar-refractivity contribution in [3.05, 3.63) is 29.3 Å². The van der Waals surface area contributed by atoms with Crippen LogP contribution in [0.25, 0.3) is 0 Å². The zero-order valence-electron chi connectivity index (χ0n) is 12.8. The molecule has 3 heteroatoms. The minimum absolute atomic E-state index is 0.0502. The molecule has 0 saturated heterocycles. The maximum atomic E-state index is 9.21. The Bertz CT molecular complexity index is 487. The molecule has 1 aliphatic rings. The number of fused-ring (bicyclic) bond motifs is 1. The zero-order chi connectivity index (χ0) is 14.5. The van der Waals surface area contributed by atoms with Crippen LogP contribution in [0.15, 0.2) is 18.2 Å². The van der Waals surface area contributed by atoms with E-state index in [0.717, 1.165) is 19.5 Å². The first-order chi connectivity index (χ1) is 9.60. The van der Waals surface area contributed by atoms with Crippen molar-refractivity contribution in [2.45, 2.75) is 52.1 Å². The second-order valence-corrected chi connectivity index (χ2v) is 6.01. The van der Waals surface area contributed by atoms with E-state index >= 15 is 0 Å². The van der Waals surface area contributed by atoms with Crippen molar-refractivity contribution in [3.63, 3.8) is 0 Å². The number of nitriles is 1. The van der Waals surface area contributed by atoms with Crippen molar-refractivity contribution < 1.29 is 0 Å². The van der Waals surface area contributed by atoms with E-state index in [9.17, 15) is 5.26 Å². The van der Waals surface area contributed by atoms with Gasteiger partial charge in [0.15, 0.2) is 0 Å². The van der Waals surface area contributed by atoms with Gasteiger partial charge in [-0.25, -0.2) is 0 Å². The number of hydrogen-bond acceptors (Lipinski definition) is 3. The molecule has 1 aromatic rings. The third kappa shape index (κ3) is 3.74. The Hall–Kier alpha value is -1.53. The lowest BCUT2D eigenvalue weighted by molar-refractivity contribution is 0.500. The summed E-state index contributed by atoms with van der Waals surface area (Å²) in [6, 6.07) is 9.40. The highest BCUT2D eigenvalue weighted by Crippen LogP contribution is 2.28. The zero-order valence-corrected chi connectivity index (χ0v) is 12.8. The van der Waals surface area contributed by atoms with Gasteiger partial charge >= 0.3 is 0 Å². The number of hydrogen-bond donors (Lipinski definition) is 1. The highest BCUT2D eigenvalue weighted by atomic mass is 15.1. The molecule has 1 atom stereocenters. The van der Waals surface area contributed by atoms with E-state index in [1.807, 2.05) is 0 Å².